The Morgan fingerprint density at radius 2 is 1.79 bits per heavy atom. The van der Waals surface area contributed by atoms with Gasteiger partial charge in [0.15, 0.2) is 0 Å². The highest BCUT2D eigenvalue weighted by molar-refractivity contribution is 5.91. The van der Waals surface area contributed by atoms with Gasteiger partial charge in [-0.25, -0.2) is 10.3 Å². The second-order valence-corrected chi connectivity index (χ2v) is 7.09. The summed E-state index contributed by atoms with van der Waals surface area (Å²) in [4.78, 5) is 22.5. The predicted octanol–water partition coefficient (Wildman–Crippen LogP) is 2.42. The molecule has 0 aliphatic carbocycles. The first-order valence-electron chi connectivity index (χ1n) is 9.14. The second-order valence-electron chi connectivity index (χ2n) is 7.09. The van der Waals surface area contributed by atoms with E-state index in [1.807, 2.05) is 18.2 Å². The van der Waals surface area contributed by atoms with Gasteiger partial charge in [0, 0.05) is 24.9 Å². The Hall–Kier alpha value is -2.59. The van der Waals surface area contributed by atoms with E-state index in [1.54, 1.807) is 11.6 Å². The van der Waals surface area contributed by atoms with Crippen LogP contribution in [0, 0.1) is 5.41 Å². The number of para-hydroxylation sites is 1. The third-order valence-electron chi connectivity index (χ3n) is 5.15. The number of hydrogen-bond acceptors (Lipinski definition) is 5. The highest BCUT2D eigenvalue weighted by atomic mass is 19.4. The molecule has 0 saturated carbocycles. The molecule has 0 radical (unpaired) electrons. The largest absolute Gasteiger partial charge is 0.490 e. The number of nitrogens with zero attached hydrogens (tertiary/aromatic N) is 1. The van der Waals surface area contributed by atoms with Crippen LogP contribution >= 0.6 is 0 Å². The first-order chi connectivity index (χ1) is 13.7. The second kappa shape index (κ2) is 9.75. The van der Waals surface area contributed by atoms with Crippen LogP contribution < -0.4 is 15.7 Å². The van der Waals surface area contributed by atoms with Crippen LogP contribution in [0.2, 0.25) is 0 Å². The van der Waals surface area contributed by atoms with Crippen molar-refractivity contribution in [2.45, 2.75) is 25.4 Å². The monoisotopic (exact) mass is 415 g/mol. The summed E-state index contributed by atoms with van der Waals surface area (Å²) in [5.74, 6) is -3.27. The number of aliphatic carboxylic acids is 1. The van der Waals surface area contributed by atoms with Gasteiger partial charge in [-0.05, 0) is 55.5 Å². The Balaban J connectivity index is 0.000000370. The van der Waals surface area contributed by atoms with Crippen LogP contribution in [-0.2, 0) is 9.59 Å². The predicted molar refractivity (Wildman–Crippen MR) is 100 cm³/mol. The van der Waals surface area contributed by atoms with Gasteiger partial charge >= 0.3 is 12.1 Å². The van der Waals surface area contributed by atoms with E-state index in [0.29, 0.717) is 5.41 Å². The summed E-state index contributed by atoms with van der Waals surface area (Å²) in [6.45, 7) is 4.39. The minimum atomic E-state index is -5.08. The third kappa shape index (κ3) is 6.47. The Morgan fingerprint density at radius 1 is 1.17 bits per heavy atom. The molecular weight excluding hydrogens is 391 g/mol. The van der Waals surface area contributed by atoms with Crippen LogP contribution in [0.25, 0.3) is 6.08 Å². The lowest BCUT2D eigenvalue weighted by Gasteiger charge is -2.34. The van der Waals surface area contributed by atoms with Crippen molar-refractivity contribution in [3.63, 3.8) is 0 Å². The van der Waals surface area contributed by atoms with Crippen LogP contribution in [0.1, 0.15) is 24.8 Å². The molecule has 1 amide bonds. The fraction of sp³-hybridized carbons (Fsp3) is 0.474. The molecule has 0 atom stereocenters. The van der Waals surface area contributed by atoms with E-state index in [-0.39, 0.29) is 0 Å². The third-order valence-corrected chi connectivity index (χ3v) is 5.15. The number of carboxylic acids is 1. The molecule has 1 spiro atoms. The number of carbonyl (C=O) groups excluding carboxylic acids is 1. The van der Waals surface area contributed by atoms with E-state index < -0.39 is 18.1 Å². The maximum atomic E-state index is 11.2. The van der Waals surface area contributed by atoms with Gasteiger partial charge in [-0.3, -0.25) is 10.0 Å². The van der Waals surface area contributed by atoms with Crippen molar-refractivity contribution in [2.24, 2.45) is 5.41 Å². The Labute approximate surface area is 166 Å². The number of nitrogens with one attached hydrogen (secondary N) is 2. The molecule has 0 aromatic heterocycles. The molecule has 29 heavy (non-hydrogen) atoms. The van der Waals surface area contributed by atoms with Gasteiger partial charge in [0.05, 0.1) is 0 Å². The van der Waals surface area contributed by atoms with Gasteiger partial charge in [-0.1, -0.05) is 18.2 Å². The van der Waals surface area contributed by atoms with Gasteiger partial charge in [0.25, 0.3) is 5.91 Å². The standard InChI is InChI=1S/C17H23N3O2.C2HF3O2/c21-16(19-22)6-5-14-3-1-2-4-15(14)20-12-9-17(13-20)7-10-18-11-8-17;3-2(4,5)1(6)7/h1-6,18,22H,7-13H2,(H,19,21);(H,6,7)/b6-5+;. The number of carbonyl (C=O) groups is 2. The summed E-state index contributed by atoms with van der Waals surface area (Å²) in [7, 11) is 0. The molecule has 2 aliphatic rings. The number of rotatable bonds is 3. The number of amides is 1. The maximum absolute atomic E-state index is 11.2. The van der Waals surface area contributed by atoms with Gasteiger partial charge in [0.2, 0.25) is 0 Å². The Bertz CT molecular complexity index is 746. The number of piperidine rings is 1. The summed E-state index contributed by atoms with van der Waals surface area (Å²) in [5.41, 5.74) is 4.25. The molecule has 2 heterocycles. The van der Waals surface area contributed by atoms with E-state index in [2.05, 4.69) is 16.3 Å². The van der Waals surface area contributed by atoms with Crippen molar-refractivity contribution in [3.05, 3.63) is 35.9 Å². The normalized spacial score (nSPS) is 18.4. The molecule has 10 heteroatoms. The van der Waals surface area contributed by atoms with Crippen molar-refractivity contribution in [3.8, 4) is 0 Å². The zero-order valence-corrected chi connectivity index (χ0v) is 15.7. The van der Waals surface area contributed by atoms with Gasteiger partial charge in [0.1, 0.15) is 0 Å². The lowest BCUT2D eigenvalue weighted by atomic mass is 9.78. The fourth-order valence-electron chi connectivity index (χ4n) is 3.63. The van der Waals surface area contributed by atoms with Crippen molar-refractivity contribution in [2.75, 3.05) is 31.1 Å². The number of halogens is 3. The molecule has 2 fully saturated rings. The molecule has 0 unspecified atom stereocenters. The molecular formula is C19H24F3N3O4. The average Bonchev–Trinajstić information content (AvgIpc) is 3.09. The van der Waals surface area contributed by atoms with E-state index in [9.17, 15) is 18.0 Å². The number of carboxylic acid groups (broad SMARTS) is 1. The highest BCUT2D eigenvalue weighted by Gasteiger charge is 2.39. The molecule has 2 saturated heterocycles. The van der Waals surface area contributed by atoms with Crippen molar-refractivity contribution in [1.29, 1.82) is 0 Å². The number of hydrogen-bond donors (Lipinski definition) is 4. The van der Waals surface area contributed by atoms with Crippen LogP contribution in [0.4, 0.5) is 18.9 Å². The van der Waals surface area contributed by atoms with E-state index in [4.69, 9.17) is 15.1 Å². The summed E-state index contributed by atoms with van der Waals surface area (Å²) in [6.07, 6.45) is 1.76. The average molecular weight is 415 g/mol. The zero-order chi connectivity index (χ0) is 21.5. The number of anilines is 1. The summed E-state index contributed by atoms with van der Waals surface area (Å²) in [6, 6.07) is 8.11. The Morgan fingerprint density at radius 3 is 2.38 bits per heavy atom. The van der Waals surface area contributed by atoms with Crippen LogP contribution in [-0.4, -0.2) is 54.5 Å². The minimum absolute atomic E-state index is 0.449. The molecule has 160 valence electrons. The van der Waals surface area contributed by atoms with Gasteiger partial charge in [-0.15, -0.1) is 0 Å². The molecule has 3 rings (SSSR count). The van der Waals surface area contributed by atoms with Gasteiger partial charge < -0.3 is 15.3 Å². The SMILES string of the molecule is O=C(/C=C/c1ccccc1N1CCC2(CCNCC2)C1)NO.O=C(O)C(F)(F)F. The molecule has 1 aromatic carbocycles. The topological polar surface area (TPSA) is 102 Å². The number of hydroxylamine groups is 1. The van der Waals surface area contributed by atoms with Crippen molar-refractivity contribution >= 4 is 23.6 Å². The Kier molecular flexibility index (Phi) is 7.63. The smallest absolute Gasteiger partial charge is 0.475 e. The van der Waals surface area contributed by atoms with Crippen molar-refractivity contribution in [1.82, 2.24) is 10.8 Å². The zero-order valence-electron chi connectivity index (χ0n) is 15.7. The quantitative estimate of drug-likeness (QED) is 0.344. The maximum Gasteiger partial charge on any atom is 0.490 e. The number of alkyl halides is 3. The summed E-state index contributed by atoms with van der Waals surface area (Å²) < 4.78 is 31.7. The van der Waals surface area contributed by atoms with Crippen LogP contribution in [0.3, 0.4) is 0 Å². The molecule has 0 bridgehead atoms. The lowest BCUT2D eigenvalue weighted by Crippen LogP contribution is -2.38. The first kappa shape index (κ1) is 22.7. The fourth-order valence-corrected chi connectivity index (χ4v) is 3.63. The van der Waals surface area contributed by atoms with E-state index in [0.717, 1.165) is 31.7 Å². The molecule has 4 N–H and O–H groups in total. The molecule has 2 aliphatic heterocycles. The minimum Gasteiger partial charge on any atom is -0.475 e. The van der Waals surface area contributed by atoms with E-state index >= 15 is 0 Å². The van der Waals surface area contributed by atoms with E-state index in [1.165, 1.54) is 31.0 Å². The summed E-state index contributed by atoms with van der Waals surface area (Å²) in [5, 5.41) is 19.2. The van der Waals surface area contributed by atoms with Crippen LogP contribution in [0.15, 0.2) is 30.3 Å². The molecule has 1 aromatic rings. The first-order valence-corrected chi connectivity index (χ1v) is 9.14. The summed E-state index contributed by atoms with van der Waals surface area (Å²) >= 11 is 0. The van der Waals surface area contributed by atoms with Crippen molar-refractivity contribution < 1.29 is 33.1 Å². The van der Waals surface area contributed by atoms with Crippen LogP contribution in [0.5, 0.6) is 0 Å². The molecule has 7 nitrogen and oxygen atoms in total. The highest BCUT2D eigenvalue weighted by Crippen LogP contribution is 2.41. The number of benzene rings is 1. The lowest BCUT2D eigenvalue weighted by molar-refractivity contribution is -0.192. The van der Waals surface area contributed by atoms with Gasteiger partial charge in [-0.2, -0.15) is 13.2 Å².